The van der Waals surface area contributed by atoms with E-state index in [0.717, 1.165) is 30.4 Å². The Kier molecular flexibility index (Phi) is 6.57. The lowest BCUT2D eigenvalue weighted by Crippen LogP contribution is -3.06. The fourth-order valence-electron chi connectivity index (χ4n) is 2.45. The van der Waals surface area contributed by atoms with Crippen molar-refractivity contribution in [2.45, 2.75) is 20.4 Å². The molecule has 2 rings (SSSR count). The fourth-order valence-corrected chi connectivity index (χ4v) is 3.44. The number of benzene rings is 1. The molecule has 0 spiro atoms. The Labute approximate surface area is 148 Å². The zero-order valence-corrected chi connectivity index (χ0v) is 16.0. The van der Waals surface area contributed by atoms with Crippen molar-refractivity contribution in [1.29, 1.82) is 0 Å². The molecule has 23 heavy (non-hydrogen) atoms. The van der Waals surface area contributed by atoms with Crippen molar-refractivity contribution in [2.75, 3.05) is 32.5 Å². The minimum absolute atomic E-state index is 0.796. The Morgan fingerprint density at radius 3 is 2.48 bits per heavy atom. The van der Waals surface area contributed by atoms with E-state index in [4.69, 9.17) is 12.2 Å². The zero-order chi connectivity index (χ0) is 16.8. The second kappa shape index (κ2) is 8.43. The summed E-state index contributed by atoms with van der Waals surface area (Å²) in [5, 5.41) is 6.32. The van der Waals surface area contributed by atoms with Gasteiger partial charge < -0.3 is 15.1 Å². The largest absolute Gasteiger partial charge is 0.338 e. The van der Waals surface area contributed by atoms with Gasteiger partial charge in [-0.05, 0) is 60.8 Å². The standard InChI is InChI=1S/C18H25N3S2/c1-14-10-15(2)12-16(11-14)19-18(22)21(8-7-20(3)4)13-17-6-5-9-23-17/h5-6,9-12H,7-8,13H2,1-4H3,(H,19,22)/p+1. The monoisotopic (exact) mass is 348 g/mol. The Bertz CT molecular complexity index is 615. The molecular formula is C18H26N3S2+. The molecule has 0 aliphatic carbocycles. The molecule has 0 fully saturated rings. The molecule has 0 bridgehead atoms. The first kappa shape index (κ1) is 17.9. The predicted octanol–water partition coefficient (Wildman–Crippen LogP) is 2.71. The van der Waals surface area contributed by atoms with Gasteiger partial charge in [0.1, 0.15) is 0 Å². The average molecular weight is 349 g/mol. The highest BCUT2D eigenvalue weighted by Gasteiger charge is 2.13. The van der Waals surface area contributed by atoms with E-state index in [0.29, 0.717) is 0 Å². The maximum atomic E-state index is 5.68. The van der Waals surface area contributed by atoms with Crippen molar-refractivity contribution in [3.8, 4) is 0 Å². The molecule has 1 heterocycles. The number of rotatable bonds is 6. The molecule has 124 valence electrons. The summed E-state index contributed by atoms with van der Waals surface area (Å²) in [4.78, 5) is 5.02. The van der Waals surface area contributed by atoms with Crippen LogP contribution in [0, 0.1) is 13.8 Å². The second-order valence-electron chi connectivity index (χ2n) is 6.26. The number of quaternary nitrogens is 1. The lowest BCUT2D eigenvalue weighted by molar-refractivity contribution is -0.857. The number of hydrogen-bond donors (Lipinski definition) is 2. The van der Waals surface area contributed by atoms with Crippen LogP contribution in [0.25, 0.3) is 0 Å². The molecule has 0 aliphatic heterocycles. The molecule has 5 heteroatoms. The highest BCUT2D eigenvalue weighted by atomic mass is 32.1. The van der Waals surface area contributed by atoms with Gasteiger partial charge in [0, 0.05) is 10.6 Å². The maximum absolute atomic E-state index is 5.68. The van der Waals surface area contributed by atoms with Gasteiger partial charge in [0.2, 0.25) is 0 Å². The van der Waals surface area contributed by atoms with Crippen LogP contribution in [-0.4, -0.2) is 37.2 Å². The van der Waals surface area contributed by atoms with Crippen molar-refractivity contribution in [3.63, 3.8) is 0 Å². The zero-order valence-electron chi connectivity index (χ0n) is 14.3. The molecule has 2 N–H and O–H groups in total. The van der Waals surface area contributed by atoms with E-state index < -0.39 is 0 Å². The van der Waals surface area contributed by atoms with Gasteiger partial charge >= 0.3 is 0 Å². The summed E-state index contributed by atoms with van der Waals surface area (Å²) in [5.74, 6) is 0. The van der Waals surface area contributed by atoms with Crippen LogP contribution in [0.1, 0.15) is 16.0 Å². The van der Waals surface area contributed by atoms with Crippen LogP contribution >= 0.6 is 23.6 Å². The summed E-state index contributed by atoms with van der Waals surface area (Å²) in [5.41, 5.74) is 3.57. The van der Waals surface area contributed by atoms with Crippen LogP contribution in [0.4, 0.5) is 5.69 Å². The van der Waals surface area contributed by atoms with E-state index in [1.165, 1.54) is 20.9 Å². The SMILES string of the molecule is Cc1cc(C)cc(NC(=S)N(CC[NH+](C)C)Cc2cccs2)c1. The van der Waals surface area contributed by atoms with Gasteiger partial charge in [-0.1, -0.05) is 12.1 Å². The Hall–Kier alpha value is -1.43. The quantitative estimate of drug-likeness (QED) is 0.783. The van der Waals surface area contributed by atoms with Gasteiger partial charge in [-0.15, -0.1) is 11.3 Å². The van der Waals surface area contributed by atoms with Gasteiger partial charge in [0.15, 0.2) is 5.11 Å². The van der Waals surface area contributed by atoms with Crippen LogP contribution < -0.4 is 10.2 Å². The van der Waals surface area contributed by atoms with Crippen molar-refractivity contribution in [3.05, 3.63) is 51.7 Å². The van der Waals surface area contributed by atoms with Crippen molar-refractivity contribution in [2.24, 2.45) is 0 Å². The molecule has 0 atom stereocenters. The van der Waals surface area contributed by atoms with Crippen LogP contribution in [0.2, 0.25) is 0 Å². The average Bonchev–Trinajstić information content (AvgIpc) is 2.94. The Morgan fingerprint density at radius 1 is 1.22 bits per heavy atom. The van der Waals surface area contributed by atoms with Crippen LogP contribution in [0.15, 0.2) is 35.7 Å². The normalized spacial score (nSPS) is 10.8. The molecular weight excluding hydrogens is 322 g/mol. The fraction of sp³-hybridized carbons (Fsp3) is 0.389. The Morgan fingerprint density at radius 2 is 1.91 bits per heavy atom. The van der Waals surface area contributed by atoms with Crippen LogP contribution in [-0.2, 0) is 6.54 Å². The highest BCUT2D eigenvalue weighted by Crippen LogP contribution is 2.16. The molecule has 0 unspecified atom stereocenters. The van der Waals surface area contributed by atoms with Crippen molar-refractivity contribution >= 4 is 34.4 Å². The molecule has 0 aliphatic rings. The van der Waals surface area contributed by atoms with E-state index in [2.05, 4.69) is 73.9 Å². The van der Waals surface area contributed by atoms with E-state index in [1.807, 2.05) is 0 Å². The van der Waals surface area contributed by atoms with Gasteiger partial charge in [-0.2, -0.15) is 0 Å². The summed E-state index contributed by atoms with van der Waals surface area (Å²) >= 11 is 7.46. The van der Waals surface area contributed by atoms with Crippen LogP contribution in [0.5, 0.6) is 0 Å². The first-order valence-corrected chi connectivity index (χ1v) is 9.18. The van der Waals surface area contributed by atoms with Crippen molar-refractivity contribution in [1.82, 2.24) is 4.90 Å². The molecule has 2 aromatic rings. The lowest BCUT2D eigenvalue weighted by atomic mass is 10.1. The molecule has 1 aromatic carbocycles. The number of nitrogens with zero attached hydrogens (tertiary/aromatic N) is 1. The summed E-state index contributed by atoms with van der Waals surface area (Å²) < 4.78 is 0. The summed E-state index contributed by atoms with van der Waals surface area (Å²) in [6.45, 7) is 7.08. The molecule has 0 radical (unpaired) electrons. The van der Waals surface area contributed by atoms with Gasteiger partial charge in [0.25, 0.3) is 0 Å². The summed E-state index contributed by atoms with van der Waals surface area (Å²) in [7, 11) is 4.34. The molecule has 0 amide bonds. The summed E-state index contributed by atoms with van der Waals surface area (Å²) in [6, 6.07) is 10.7. The number of likely N-dealkylation sites (N-methyl/N-ethyl adjacent to an activating group) is 1. The van der Waals surface area contributed by atoms with Gasteiger partial charge in [-0.25, -0.2) is 0 Å². The Balaban J connectivity index is 2.08. The third-order valence-corrected chi connectivity index (χ3v) is 4.79. The lowest BCUT2D eigenvalue weighted by Gasteiger charge is -2.26. The first-order chi connectivity index (χ1) is 10.9. The first-order valence-electron chi connectivity index (χ1n) is 7.89. The summed E-state index contributed by atoms with van der Waals surface area (Å²) in [6.07, 6.45) is 0. The number of thiophene rings is 1. The third-order valence-electron chi connectivity index (χ3n) is 3.57. The van der Waals surface area contributed by atoms with E-state index in [1.54, 1.807) is 11.3 Å². The van der Waals surface area contributed by atoms with Crippen LogP contribution in [0.3, 0.4) is 0 Å². The molecule has 1 aromatic heterocycles. The van der Waals surface area contributed by atoms with E-state index in [-0.39, 0.29) is 0 Å². The molecule has 3 nitrogen and oxygen atoms in total. The maximum Gasteiger partial charge on any atom is 0.173 e. The number of nitrogens with one attached hydrogen (secondary N) is 2. The van der Waals surface area contributed by atoms with Crippen molar-refractivity contribution < 1.29 is 4.90 Å². The minimum Gasteiger partial charge on any atom is -0.338 e. The topological polar surface area (TPSA) is 19.7 Å². The minimum atomic E-state index is 0.796. The third kappa shape index (κ3) is 5.94. The van der Waals surface area contributed by atoms with E-state index >= 15 is 0 Å². The predicted molar refractivity (Wildman–Crippen MR) is 105 cm³/mol. The van der Waals surface area contributed by atoms with Gasteiger partial charge in [0.05, 0.1) is 33.7 Å². The smallest absolute Gasteiger partial charge is 0.173 e. The number of anilines is 1. The number of hydrogen-bond acceptors (Lipinski definition) is 2. The molecule has 0 saturated carbocycles. The van der Waals surface area contributed by atoms with E-state index in [9.17, 15) is 0 Å². The number of thiocarbonyl (C=S) groups is 1. The number of aryl methyl sites for hydroxylation is 2. The molecule has 0 saturated heterocycles. The second-order valence-corrected chi connectivity index (χ2v) is 7.68. The van der Waals surface area contributed by atoms with Gasteiger partial charge in [-0.3, -0.25) is 0 Å². The highest BCUT2D eigenvalue weighted by molar-refractivity contribution is 7.80.